The Kier molecular flexibility index (Phi) is 3.81. The Bertz CT molecular complexity index is 352. The van der Waals surface area contributed by atoms with E-state index in [0.717, 1.165) is 0 Å². The van der Waals surface area contributed by atoms with Crippen molar-refractivity contribution >= 4 is 0 Å². The molecule has 0 radical (unpaired) electrons. The number of aromatic nitrogens is 2. The maximum atomic E-state index is 8.41. The van der Waals surface area contributed by atoms with Gasteiger partial charge in [0.25, 0.3) is 0 Å². The second-order valence-corrected chi connectivity index (χ2v) is 3.61. The predicted octanol–water partition coefficient (Wildman–Crippen LogP) is 1.80. The van der Waals surface area contributed by atoms with Gasteiger partial charge in [-0.05, 0) is 20.8 Å². The van der Waals surface area contributed by atoms with Crippen LogP contribution in [0.3, 0.4) is 0 Å². The second kappa shape index (κ2) is 4.89. The molecule has 0 aliphatic rings. The van der Waals surface area contributed by atoms with Crippen LogP contribution in [0, 0.1) is 11.3 Å². The molecule has 0 saturated carbocycles. The fraction of sp³-hybridized carbons (Fsp3) is 0.700. The molecular weight excluding hydrogens is 194 g/mol. The van der Waals surface area contributed by atoms with E-state index in [1.807, 2.05) is 26.8 Å². The van der Waals surface area contributed by atoms with Gasteiger partial charge in [-0.3, -0.25) is 0 Å². The Morgan fingerprint density at radius 3 is 2.87 bits per heavy atom. The Morgan fingerprint density at radius 2 is 2.27 bits per heavy atom. The quantitative estimate of drug-likeness (QED) is 0.739. The van der Waals surface area contributed by atoms with Crippen LogP contribution in [0.2, 0.25) is 0 Å². The molecule has 0 aromatic carbocycles. The number of hydrogen-bond acceptors (Lipinski definition) is 5. The molecule has 0 aliphatic carbocycles. The van der Waals surface area contributed by atoms with Crippen LogP contribution in [-0.2, 0) is 16.8 Å². The van der Waals surface area contributed by atoms with Crippen molar-refractivity contribution in [1.29, 1.82) is 5.26 Å². The number of aryl methyl sites for hydroxylation is 1. The molecule has 0 amide bonds. The number of nitrogens with zero attached hydrogens (tertiary/aromatic N) is 3. The largest absolute Gasteiger partial charge is 0.368 e. The highest BCUT2D eigenvalue weighted by atomic mass is 16.5. The first kappa shape index (κ1) is 11.7. The van der Waals surface area contributed by atoms with E-state index < -0.39 is 5.60 Å². The SMILES string of the molecule is CCOC(C)(C)c1noc(CCC#N)n1. The summed E-state index contributed by atoms with van der Waals surface area (Å²) in [6, 6.07) is 2.03. The molecular formula is C10H15N3O2. The van der Waals surface area contributed by atoms with Crippen LogP contribution in [0.5, 0.6) is 0 Å². The zero-order valence-corrected chi connectivity index (χ0v) is 9.28. The van der Waals surface area contributed by atoms with Gasteiger partial charge in [0.2, 0.25) is 11.7 Å². The lowest BCUT2D eigenvalue weighted by atomic mass is 10.1. The fourth-order valence-corrected chi connectivity index (χ4v) is 1.19. The smallest absolute Gasteiger partial charge is 0.227 e. The predicted molar refractivity (Wildman–Crippen MR) is 52.9 cm³/mol. The molecule has 1 rings (SSSR count). The van der Waals surface area contributed by atoms with Crippen LogP contribution in [0.25, 0.3) is 0 Å². The molecule has 0 N–H and O–H groups in total. The molecule has 0 unspecified atom stereocenters. The van der Waals surface area contributed by atoms with Gasteiger partial charge < -0.3 is 9.26 Å². The molecule has 5 heteroatoms. The van der Waals surface area contributed by atoms with E-state index in [1.54, 1.807) is 0 Å². The number of ether oxygens (including phenoxy) is 1. The standard InChI is InChI=1S/C10H15N3O2/c1-4-14-10(2,3)9-12-8(15-13-9)6-5-7-11/h4-6H2,1-3H3. The van der Waals surface area contributed by atoms with Gasteiger partial charge in [-0.25, -0.2) is 0 Å². The van der Waals surface area contributed by atoms with Crippen LogP contribution in [-0.4, -0.2) is 16.7 Å². The minimum atomic E-state index is -0.539. The van der Waals surface area contributed by atoms with Gasteiger partial charge in [-0.15, -0.1) is 0 Å². The summed E-state index contributed by atoms with van der Waals surface area (Å²) in [6.45, 7) is 6.28. The molecule has 5 nitrogen and oxygen atoms in total. The van der Waals surface area contributed by atoms with Crippen molar-refractivity contribution in [3.63, 3.8) is 0 Å². The van der Waals surface area contributed by atoms with Gasteiger partial charge >= 0.3 is 0 Å². The normalized spacial score (nSPS) is 11.3. The Labute approximate surface area is 89.0 Å². The van der Waals surface area contributed by atoms with Gasteiger partial charge in [0.05, 0.1) is 6.07 Å². The van der Waals surface area contributed by atoms with Crippen LogP contribution in [0.15, 0.2) is 4.52 Å². The van der Waals surface area contributed by atoms with Crippen LogP contribution >= 0.6 is 0 Å². The van der Waals surface area contributed by atoms with Gasteiger partial charge in [0.15, 0.2) is 0 Å². The van der Waals surface area contributed by atoms with E-state index in [-0.39, 0.29) is 0 Å². The van der Waals surface area contributed by atoms with E-state index in [2.05, 4.69) is 10.1 Å². The third kappa shape index (κ3) is 3.03. The van der Waals surface area contributed by atoms with Gasteiger partial charge in [-0.2, -0.15) is 10.2 Å². The van der Waals surface area contributed by atoms with E-state index >= 15 is 0 Å². The molecule has 0 aliphatic heterocycles. The van der Waals surface area contributed by atoms with Crippen molar-refractivity contribution in [2.24, 2.45) is 0 Å². The van der Waals surface area contributed by atoms with Crippen LogP contribution in [0.4, 0.5) is 0 Å². The molecule has 82 valence electrons. The van der Waals surface area contributed by atoms with Crippen molar-refractivity contribution in [3.05, 3.63) is 11.7 Å². The molecule has 1 heterocycles. The summed E-state index contributed by atoms with van der Waals surface area (Å²) in [5.41, 5.74) is -0.539. The van der Waals surface area contributed by atoms with Crippen LogP contribution < -0.4 is 0 Å². The monoisotopic (exact) mass is 209 g/mol. The summed E-state index contributed by atoms with van der Waals surface area (Å²) < 4.78 is 10.5. The fourth-order valence-electron chi connectivity index (χ4n) is 1.19. The summed E-state index contributed by atoms with van der Waals surface area (Å²) in [7, 11) is 0. The van der Waals surface area contributed by atoms with Crippen molar-refractivity contribution in [2.75, 3.05) is 6.61 Å². The van der Waals surface area contributed by atoms with Crippen molar-refractivity contribution in [2.45, 2.75) is 39.2 Å². The molecule has 0 fully saturated rings. The average Bonchev–Trinajstić information content (AvgIpc) is 2.63. The number of rotatable bonds is 5. The summed E-state index contributed by atoms with van der Waals surface area (Å²) in [4.78, 5) is 4.18. The molecule has 15 heavy (non-hydrogen) atoms. The first-order valence-corrected chi connectivity index (χ1v) is 4.94. The lowest BCUT2D eigenvalue weighted by molar-refractivity contribution is -0.0221. The zero-order chi connectivity index (χ0) is 11.3. The Balaban J connectivity index is 2.71. The van der Waals surface area contributed by atoms with Gasteiger partial charge in [-0.1, -0.05) is 5.16 Å². The lowest BCUT2D eigenvalue weighted by Crippen LogP contribution is -2.23. The highest BCUT2D eigenvalue weighted by Gasteiger charge is 2.26. The van der Waals surface area contributed by atoms with Crippen molar-refractivity contribution in [3.8, 4) is 6.07 Å². The van der Waals surface area contributed by atoms with Crippen molar-refractivity contribution < 1.29 is 9.26 Å². The first-order chi connectivity index (χ1) is 7.10. The summed E-state index contributed by atoms with van der Waals surface area (Å²) >= 11 is 0. The summed E-state index contributed by atoms with van der Waals surface area (Å²) in [5.74, 6) is 1.01. The molecule has 0 spiro atoms. The van der Waals surface area contributed by atoms with Gasteiger partial charge in [0.1, 0.15) is 5.60 Å². The van der Waals surface area contributed by atoms with E-state index in [4.69, 9.17) is 14.5 Å². The molecule has 0 saturated heterocycles. The first-order valence-electron chi connectivity index (χ1n) is 4.94. The molecule has 0 atom stereocenters. The number of hydrogen-bond donors (Lipinski definition) is 0. The van der Waals surface area contributed by atoms with E-state index in [1.165, 1.54) is 0 Å². The molecule has 0 bridgehead atoms. The minimum Gasteiger partial charge on any atom is -0.368 e. The topological polar surface area (TPSA) is 71.9 Å². The van der Waals surface area contributed by atoms with Crippen molar-refractivity contribution in [1.82, 2.24) is 10.1 Å². The highest BCUT2D eigenvalue weighted by Crippen LogP contribution is 2.21. The maximum Gasteiger partial charge on any atom is 0.227 e. The Morgan fingerprint density at radius 1 is 1.53 bits per heavy atom. The summed E-state index contributed by atoms with van der Waals surface area (Å²) in [6.07, 6.45) is 0.877. The number of nitriles is 1. The van der Waals surface area contributed by atoms with Crippen LogP contribution in [0.1, 0.15) is 38.9 Å². The molecule has 1 aromatic heterocycles. The second-order valence-electron chi connectivity index (χ2n) is 3.61. The maximum absolute atomic E-state index is 8.41. The zero-order valence-electron chi connectivity index (χ0n) is 9.28. The van der Waals surface area contributed by atoms with E-state index in [9.17, 15) is 0 Å². The minimum absolute atomic E-state index is 0.386. The highest BCUT2D eigenvalue weighted by molar-refractivity contribution is 4.98. The third-order valence-electron chi connectivity index (χ3n) is 1.96. The summed E-state index contributed by atoms with van der Waals surface area (Å²) in [5, 5.41) is 12.3. The van der Waals surface area contributed by atoms with Gasteiger partial charge in [0, 0.05) is 19.4 Å². The van der Waals surface area contributed by atoms with E-state index in [0.29, 0.717) is 31.2 Å². The Hall–Kier alpha value is -1.41. The average molecular weight is 209 g/mol. The molecule has 1 aromatic rings. The lowest BCUT2D eigenvalue weighted by Gasteiger charge is -2.19. The third-order valence-corrected chi connectivity index (χ3v) is 1.96.